The van der Waals surface area contributed by atoms with Crippen molar-refractivity contribution in [1.29, 1.82) is 0 Å². The van der Waals surface area contributed by atoms with E-state index in [1.807, 2.05) is 24.3 Å². The normalized spacial score (nSPS) is 13.9. The van der Waals surface area contributed by atoms with Gasteiger partial charge in [-0.3, -0.25) is 0 Å². The van der Waals surface area contributed by atoms with E-state index in [2.05, 4.69) is 45.0 Å². The molecular formula is C16H20BrNO2S. The average molecular weight is 370 g/mol. The van der Waals surface area contributed by atoms with Crippen LogP contribution in [0.5, 0.6) is 5.75 Å². The van der Waals surface area contributed by atoms with Crippen LogP contribution in [0.15, 0.2) is 45.6 Å². The highest BCUT2D eigenvalue weighted by molar-refractivity contribution is 9.10. The average Bonchev–Trinajstić information content (AvgIpc) is 2.96. The maximum Gasteiger partial charge on any atom is 0.120 e. The van der Waals surface area contributed by atoms with Crippen LogP contribution in [0.3, 0.4) is 0 Å². The lowest BCUT2D eigenvalue weighted by Crippen LogP contribution is -2.37. The van der Waals surface area contributed by atoms with Crippen LogP contribution >= 0.6 is 27.3 Å². The monoisotopic (exact) mass is 369 g/mol. The van der Waals surface area contributed by atoms with Crippen molar-refractivity contribution in [2.75, 3.05) is 13.2 Å². The minimum absolute atomic E-state index is 0.286. The molecule has 2 atom stereocenters. The third kappa shape index (κ3) is 6.18. The minimum Gasteiger partial charge on any atom is -0.491 e. The van der Waals surface area contributed by atoms with Crippen molar-refractivity contribution < 1.29 is 9.84 Å². The summed E-state index contributed by atoms with van der Waals surface area (Å²) in [6.45, 7) is 2.94. The van der Waals surface area contributed by atoms with E-state index in [9.17, 15) is 5.11 Å². The molecule has 2 aromatic rings. The Labute approximate surface area is 138 Å². The molecule has 21 heavy (non-hydrogen) atoms. The summed E-state index contributed by atoms with van der Waals surface area (Å²) in [5.41, 5.74) is 1.33. The van der Waals surface area contributed by atoms with Gasteiger partial charge in [0.15, 0.2) is 0 Å². The Bertz CT molecular complexity index is 533. The summed E-state index contributed by atoms with van der Waals surface area (Å²) < 4.78 is 6.54. The summed E-state index contributed by atoms with van der Waals surface area (Å²) in [6, 6.07) is 10.1. The standard InChI is InChI=1S/C16H20BrNO2S/c1-12(7-13-5-6-21-11-13)18-9-15(19)10-20-16-4-2-3-14(17)8-16/h2-6,8,11-12,15,18-19H,7,9-10H2,1H3. The van der Waals surface area contributed by atoms with Gasteiger partial charge in [-0.25, -0.2) is 0 Å². The molecule has 114 valence electrons. The summed E-state index contributed by atoms with van der Waals surface area (Å²) in [4.78, 5) is 0. The summed E-state index contributed by atoms with van der Waals surface area (Å²) in [7, 11) is 0. The second-order valence-corrected chi connectivity index (χ2v) is 6.76. The summed E-state index contributed by atoms with van der Waals surface area (Å²) in [6.07, 6.45) is 0.455. The zero-order valence-corrected chi connectivity index (χ0v) is 14.4. The molecule has 0 spiro atoms. The Morgan fingerprint density at radius 2 is 2.24 bits per heavy atom. The SMILES string of the molecule is CC(Cc1ccsc1)NCC(O)COc1cccc(Br)c1. The lowest BCUT2D eigenvalue weighted by molar-refractivity contribution is 0.104. The number of hydrogen-bond acceptors (Lipinski definition) is 4. The first kappa shape index (κ1) is 16.5. The van der Waals surface area contributed by atoms with Crippen LogP contribution in [-0.2, 0) is 6.42 Å². The van der Waals surface area contributed by atoms with Gasteiger partial charge >= 0.3 is 0 Å². The smallest absolute Gasteiger partial charge is 0.120 e. The van der Waals surface area contributed by atoms with Crippen molar-refractivity contribution in [3.05, 3.63) is 51.1 Å². The fourth-order valence-corrected chi connectivity index (χ4v) is 3.04. The molecule has 0 amide bonds. The number of aliphatic hydroxyl groups excluding tert-OH is 1. The largest absolute Gasteiger partial charge is 0.491 e. The van der Waals surface area contributed by atoms with Crippen LogP contribution < -0.4 is 10.1 Å². The van der Waals surface area contributed by atoms with Gasteiger partial charge in [0.2, 0.25) is 0 Å². The predicted octanol–water partition coefficient (Wildman–Crippen LogP) is 3.47. The number of aliphatic hydroxyl groups is 1. The van der Waals surface area contributed by atoms with Gasteiger partial charge < -0.3 is 15.2 Å². The van der Waals surface area contributed by atoms with Gasteiger partial charge in [0.25, 0.3) is 0 Å². The number of thiophene rings is 1. The van der Waals surface area contributed by atoms with Crippen LogP contribution in [-0.4, -0.2) is 30.4 Å². The number of halogens is 1. The van der Waals surface area contributed by atoms with E-state index in [0.717, 1.165) is 16.6 Å². The molecule has 0 fully saturated rings. The van der Waals surface area contributed by atoms with E-state index in [1.54, 1.807) is 11.3 Å². The topological polar surface area (TPSA) is 41.5 Å². The summed E-state index contributed by atoms with van der Waals surface area (Å²) in [5.74, 6) is 0.759. The quantitative estimate of drug-likeness (QED) is 0.748. The first-order chi connectivity index (χ1) is 10.1. The Morgan fingerprint density at radius 3 is 2.95 bits per heavy atom. The lowest BCUT2D eigenvalue weighted by atomic mass is 10.1. The molecule has 1 heterocycles. The first-order valence-corrected chi connectivity index (χ1v) is 8.68. The summed E-state index contributed by atoms with van der Waals surface area (Å²) in [5, 5.41) is 17.5. The molecule has 1 aromatic carbocycles. The summed E-state index contributed by atoms with van der Waals surface area (Å²) >= 11 is 5.10. The van der Waals surface area contributed by atoms with E-state index in [4.69, 9.17) is 4.74 Å². The van der Waals surface area contributed by atoms with Gasteiger partial charge in [0.05, 0.1) is 0 Å². The molecule has 0 bridgehead atoms. The minimum atomic E-state index is -0.520. The van der Waals surface area contributed by atoms with Crippen molar-refractivity contribution in [1.82, 2.24) is 5.32 Å². The zero-order chi connectivity index (χ0) is 15.1. The number of benzene rings is 1. The van der Waals surface area contributed by atoms with Crippen LogP contribution in [0, 0.1) is 0 Å². The number of rotatable bonds is 8. The molecule has 2 N–H and O–H groups in total. The van der Waals surface area contributed by atoms with Gasteiger partial charge in [-0.2, -0.15) is 11.3 Å². The van der Waals surface area contributed by atoms with Gasteiger partial charge in [-0.15, -0.1) is 0 Å². The fraction of sp³-hybridized carbons (Fsp3) is 0.375. The predicted molar refractivity (Wildman–Crippen MR) is 91.1 cm³/mol. The van der Waals surface area contributed by atoms with E-state index in [0.29, 0.717) is 12.6 Å². The van der Waals surface area contributed by atoms with Crippen LogP contribution in [0.2, 0.25) is 0 Å². The van der Waals surface area contributed by atoms with Crippen molar-refractivity contribution in [3.63, 3.8) is 0 Å². The van der Waals surface area contributed by atoms with E-state index in [1.165, 1.54) is 5.56 Å². The Hall–Kier alpha value is -0.880. The van der Waals surface area contributed by atoms with Crippen molar-refractivity contribution in [2.45, 2.75) is 25.5 Å². The molecular weight excluding hydrogens is 350 g/mol. The van der Waals surface area contributed by atoms with Crippen LogP contribution in [0.25, 0.3) is 0 Å². The number of nitrogens with one attached hydrogen (secondary N) is 1. The highest BCUT2D eigenvalue weighted by Gasteiger charge is 2.09. The maximum absolute atomic E-state index is 9.96. The number of ether oxygens (including phenoxy) is 1. The molecule has 0 aliphatic heterocycles. The highest BCUT2D eigenvalue weighted by atomic mass is 79.9. The molecule has 0 aliphatic rings. The molecule has 5 heteroatoms. The van der Waals surface area contributed by atoms with Crippen molar-refractivity contribution in [2.24, 2.45) is 0 Å². The zero-order valence-electron chi connectivity index (χ0n) is 12.0. The Kier molecular flexibility index (Phi) is 6.70. The third-order valence-corrected chi connectivity index (χ3v) is 4.29. The van der Waals surface area contributed by atoms with Crippen LogP contribution in [0.4, 0.5) is 0 Å². The van der Waals surface area contributed by atoms with Gasteiger partial charge in [0.1, 0.15) is 18.5 Å². The molecule has 0 radical (unpaired) electrons. The van der Waals surface area contributed by atoms with E-state index in [-0.39, 0.29) is 6.61 Å². The molecule has 2 unspecified atom stereocenters. The molecule has 3 nitrogen and oxygen atoms in total. The van der Waals surface area contributed by atoms with Gasteiger partial charge in [0, 0.05) is 17.1 Å². The van der Waals surface area contributed by atoms with E-state index < -0.39 is 6.10 Å². The number of hydrogen-bond donors (Lipinski definition) is 2. The Morgan fingerprint density at radius 1 is 1.38 bits per heavy atom. The van der Waals surface area contributed by atoms with Crippen molar-refractivity contribution in [3.8, 4) is 5.75 Å². The van der Waals surface area contributed by atoms with Gasteiger partial charge in [-0.05, 0) is 53.9 Å². The molecule has 1 aromatic heterocycles. The maximum atomic E-state index is 9.96. The molecule has 0 aliphatic carbocycles. The molecule has 2 rings (SSSR count). The first-order valence-electron chi connectivity index (χ1n) is 6.94. The molecule has 0 saturated heterocycles. The lowest BCUT2D eigenvalue weighted by Gasteiger charge is -2.17. The highest BCUT2D eigenvalue weighted by Crippen LogP contribution is 2.17. The fourth-order valence-electron chi connectivity index (χ4n) is 1.98. The second-order valence-electron chi connectivity index (χ2n) is 5.07. The molecule has 0 saturated carbocycles. The third-order valence-electron chi connectivity index (χ3n) is 3.06. The second kappa shape index (κ2) is 8.54. The van der Waals surface area contributed by atoms with E-state index >= 15 is 0 Å². The Balaban J connectivity index is 1.66. The van der Waals surface area contributed by atoms with Crippen molar-refractivity contribution >= 4 is 27.3 Å². The van der Waals surface area contributed by atoms with Gasteiger partial charge in [-0.1, -0.05) is 22.0 Å². The van der Waals surface area contributed by atoms with Crippen LogP contribution in [0.1, 0.15) is 12.5 Å².